The predicted molar refractivity (Wildman–Crippen MR) is 63.9 cm³/mol. The van der Waals surface area contributed by atoms with Gasteiger partial charge in [-0.25, -0.2) is 14.3 Å². The Labute approximate surface area is 101 Å². The first-order valence-electron chi connectivity index (χ1n) is 5.72. The predicted octanol–water partition coefficient (Wildman–Crippen LogP) is 1.98. The lowest BCUT2D eigenvalue weighted by molar-refractivity contribution is 0.0536. The van der Waals surface area contributed by atoms with Gasteiger partial charge in [-0.1, -0.05) is 0 Å². The summed E-state index contributed by atoms with van der Waals surface area (Å²) >= 11 is 0. The van der Waals surface area contributed by atoms with Crippen molar-refractivity contribution < 1.29 is 14.6 Å². The number of hydrogen-bond acceptors (Lipinski definition) is 4. The van der Waals surface area contributed by atoms with Crippen molar-refractivity contribution >= 4 is 6.09 Å². The van der Waals surface area contributed by atoms with Gasteiger partial charge < -0.3 is 9.84 Å². The molecule has 0 radical (unpaired) electrons. The van der Waals surface area contributed by atoms with Gasteiger partial charge in [0.1, 0.15) is 11.9 Å². The van der Waals surface area contributed by atoms with Gasteiger partial charge in [0.2, 0.25) is 0 Å². The monoisotopic (exact) mass is 240 g/mol. The molecule has 1 rings (SSSR count). The normalized spacial score (nSPS) is 13.5. The first kappa shape index (κ1) is 13.7. The lowest BCUT2D eigenvalue weighted by Gasteiger charge is -2.19. The Kier molecular flexibility index (Phi) is 4.28. The zero-order valence-electron chi connectivity index (χ0n) is 10.8. The van der Waals surface area contributed by atoms with Crippen LogP contribution in [0.1, 0.15) is 39.8 Å². The lowest BCUT2D eigenvalue weighted by Crippen LogP contribution is -2.26. The van der Waals surface area contributed by atoms with Crippen molar-refractivity contribution in [3.63, 3.8) is 0 Å². The average molecular weight is 240 g/mol. The van der Waals surface area contributed by atoms with Crippen molar-refractivity contribution in [3.8, 4) is 0 Å². The van der Waals surface area contributed by atoms with Crippen molar-refractivity contribution in [1.82, 2.24) is 9.55 Å². The summed E-state index contributed by atoms with van der Waals surface area (Å²) in [5.74, 6) is 0. The first-order valence-corrected chi connectivity index (χ1v) is 5.72. The third-order valence-electron chi connectivity index (χ3n) is 2.06. The van der Waals surface area contributed by atoms with Gasteiger partial charge >= 0.3 is 6.09 Å². The maximum Gasteiger partial charge on any atom is 0.419 e. The minimum atomic E-state index is -0.513. The highest BCUT2D eigenvalue weighted by molar-refractivity contribution is 5.70. The molecule has 1 aromatic heterocycles. The van der Waals surface area contributed by atoms with Crippen molar-refractivity contribution in [3.05, 3.63) is 18.2 Å². The topological polar surface area (TPSA) is 64.4 Å². The number of aliphatic hydroxyl groups excluding tert-OH is 1. The van der Waals surface area contributed by atoms with Crippen LogP contribution >= 0.6 is 0 Å². The highest BCUT2D eigenvalue weighted by Gasteiger charge is 2.17. The molecule has 0 fully saturated rings. The number of carbonyl (C=O) groups excluding carboxylic acids is 1. The van der Waals surface area contributed by atoms with Crippen LogP contribution in [-0.4, -0.2) is 32.5 Å². The summed E-state index contributed by atoms with van der Waals surface area (Å²) in [6.07, 6.45) is 3.55. The van der Waals surface area contributed by atoms with Crippen LogP contribution in [0.3, 0.4) is 0 Å². The maximum absolute atomic E-state index is 11.7. The van der Waals surface area contributed by atoms with Gasteiger partial charge in [-0.2, -0.15) is 0 Å². The Morgan fingerprint density at radius 2 is 2.24 bits per heavy atom. The molecule has 0 aromatic carbocycles. The van der Waals surface area contributed by atoms with Gasteiger partial charge in [0.15, 0.2) is 0 Å². The second-order valence-corrected chi connectivity index (χ2v) is 5.14. The van der Waals surface area contributed by atoms with Crippen LogP contribution < -0.4 is 0 Å². The molecule has 1 aromatic rings. The molecule has 0 amide bonds. The van der Waals surface area contributed by atoms with Crippen LogP contribution in [0.5, 0.6) is 0 Å². The molecule has 0 saturated carbocycles. The van der Waals surface area contributed by atoms with Gasteiger partial charge in [0.25, 0.3) is 0 Å². The second kappa shape index (κ2) is 5.31. The van der Waals surface area contributed by atoms with E-state index in [1.165, 1.54) is 10.9 Å². The van der Waals surface area contributed by atoms with E-state index in [9.17, 15) is 4.79 Å². The van der Waals surface area contributed by atoms with Gasteiger partial charge in [0, 0.05) is 6.20 Å². The summed E-state index contributed by atoms with van der Waals surface area (Å²) in [7, 11) is 0. The minimum absolute atomic E-state index is 0.360. The van der Waals surface area contributed by atoms with Gasteiger partial charge in [-0.3, -0.25) is 0 Å². The van der Waals surface area contributed by atoms with Crippen molar-refractivity contribution in [2.45, 2.75) is 52.2 Å². The van der Waals surface area contributed by atoms with E-state index in [0.717, 1.165) is 5.69 Å². The molecule has 17 heavy (non-hydrogen) atoms. The highest BCUT2D eigenvalue weighted by Crippen LogP contribution is 2.10. The maximum atomic E-state index is 11.7. The highest BCUT2D eigenvalue weighted by atomic mass is 16.6. The van der Waals surface area contributed by atoms with E-state index in [2.05, 4.69) is 4.98 Å². The van der Waals surface area contributed by atoms with Crippen LogP contribution in [0.15, 0.2) is 12.5 Å². The van der Waals surface area contributed by atoms with Crippen LogP contribution in [0, 0.1) is 0 Å². The van der Waals surface area contributed by atoms with Crippen molar-refractivity contribution in [2.75, 3.05) is 0 Å². The molecule has 1 atom stereocenters. The van der Waals surface area contributed by atoms with Crippen LogP contribution in [0.2, 0.25) is 0 Å². The Morgan fingerprint density at radius 1 is 1.59 bits per heavy atom. The van der Waals surface area contributed by atoms with E-state index in [1.807, 2.05) is 20.8 Å². The number of aliphatic hydroxyl groups is 1. The fraction of sp³-hybridized carbons (Fsp3) is 0.667. The van der Waals surface area contributed by atoms with E-state index in [1.54, 1.807) is 13.1 Å². The first-order chi connectivity index (χ1) is 7.78. The lowest BCUT2D eigenvalue weighted by atomic mass is 10.2. The molecule has 0 aliphatic rings. The van der Waals surface area contributed by atoms with Crippen molar-refractivity contribution in [1.29, 1.82) is 0 Å². The number of aromatic nitrogens is 2. The molecule has 5 heteroatoms. The van der Waals surface area contributed by atoms with Crippen molar-refractivity contribution in [2.24, 2.45) is 0 Å². The fourth-order valence-electron chi connectivity index (χ4n) is 1.26. The zero-order chi connectivity index (χ0) is 13.1. The number of nitrogens with zero attached hydrogens (tertiary/aromatic N) is 2. The fourth-order valence-corrected chi connectivity index (χ4v) is 1.26. The second-order valence-electron chi connectivity index (χ2n) is 5.14. The molecule has 0 aliphatic carbocycles. The van der Waals surface area contributed by atoms with E-state index < -0.39 is 11.7 Å². The largest absolute Gasteiger partial charge is 0.443 e. The molecule has 1 N–H and O–H groups in total. The molecule has 1 unspecified atom stereocenters. The standard InChI is InChI=1S/C12H20N2O3/c1-9(15)5-6-10-7-14(8-13-10)11(16)17-12(2,3)4/h7-9,15H,5-6H2,1-4H3. The number of aryl methyl sites for hydroxylation is 1. The molecule has 0 spiro atoms. The van der Waals surface area contributed by atoms with Gasteiger partial charge in [0.05, 0.1) is 11.8 Å². The molecule has 0 saturated heterocycles. The summed E-state index contributed by atoms with van der Waals surface area (Å²) in [6.45, 7) is 7.17. The Morgan fingerprint density at radius 3 is 2.76 bits per heavy atom. The van der Waals surface area contributed by atoms with E-state index >= 15 is 0 Å². The summed E-state index contributed by atoms with van der Waals surface area (Å²) in [6, 6.07) is 0. The third kappa shape index (κ3) is 4.99. The van der Waals surface area contributed by atoms with Crippen LogP contribution in [-0.2, 0) is 11.2 Å². The number of imidazole rings is 1. The Hall–Kier alpha value is -1.36. The molecule has 96 valence electrons. The smallest absolute Gasteiger partial charge is 0.419 e. The van der Waals surface area contributed by atoms with Gasteiger partial charge in [-0.15, -0.1) is 0 Å². The molecule has 1 heterocycles. The Bertz CT molecular complexity index is 377. The SMILES string of the molecule is CC(O)CCc1cn(C(=O)OC(C)(C)C)cn1. The molecular formula is C12H20N2O3. The summed E-state index contributed by atoms with van der Waals surface area (Å²) < 4.78 is 6.52. The van der Waals surface area contributed by atoms with Crippen LogP contribution in [0.25, 0.3) is 0 Å². The molecule has 0 bridgehead atoms. The number of rotatable bonds is 3. The zero-order valence-corrected chi connectivity index (χ0v) is 10.8. The quantitative estimate of drug-likeness (QED) is 0.877. The molecule has 5 nitrogen and oxygen atoms in total. The van der Waals surface area contributed by atoms with E-state index in [4.69, 9.17) is 9.84 Å². The molecular weight excluding hydrogens is 220 g/mol. The average Bonchev–Trinajstić information content (AvgIpc) is 2.60. The Balaban J connectivity index is 2.58. The third-order valence-corrected chi connectivity index (χ3v) is 2.06. The summed E-state index contributed by atoms with van der Waals surface area (Å²) in [5, 5.41) is 9.16. The molecule has 0 aliphatic heterocycles. The summed E-state index contributed by atoms with van der Waals surface area (Å²) in [5.41, 5.74) is 0.262. The minimum Gasteiger partial charge on any atom is -0.443 e. The summed E-state index contributed by atoms with van der Waals surface area (Å²) in [4.78, 5) is 15.8. The van der Waals surface area contributed by atoms with Crippen LogP contribution in [0.4, 0.5) is 4.79 Å². The number of ether oxygens (including phenoxy) is 1. The van der Waals surface area contributed by atoms with E-state index in [-0.39, 0.29) is 6.10 Å². The number of carbonyl (C=O) groups is 1. The number of hydrogen-bond donors (Lipinski definition) is 1. The van der Waals surface area contributed by atoms with E-state index in [0.29, 0.717) is 12.8 Å². The van der Waals surface area contributed by atoms with Gasteiger partial charge in [-0.05, 0) is 40.5 Å².